The highest BCUT2D eigenvalue weighted by atomic mass is 16.5. The number of benzene rings is 1. The van der Waals surface area contributed by atoms with Gasteiger partial charge in [-0.25, -0.2) is 0 Å². The van der Waals surface area contributed by atoms with Crippen molar-refractivity contribution in [2.24, 2.45) is 0 Å². The molecule has 25 heavy (non-hydrogen) atoms. The Hall–Kier alpha value is -2.14. The van der Waals surface area contributed by atoms with Gasteiger partial charge in [0.05, 0.1) is 6.20 Å². The molecule has 1 aromatic carbocycles. The summed E-state index contributed by atoms with van der Waals surface area (Å²) in [7, 11) is 0. The molecule has 0 atom stereocenters. The summed E-state index contributed by atoms with van der Waals surface area (Å²) in [5.41, 5.74) is 3.89. The first-order valence-corrected chi connectivity index (χ1v) is 8.89. The van der Waals surface area contributed by atoms with Crippen LogP contribution >= 0.6 is 0 Å². The van der Waals surface area contributed by atoms with Gasteiger partial charge < -0.3 is 14.5 Å². The Morgan fingerprint density at radius 2 is 1.80 bits per heavy atom. The molecule has 1 aliphatic rings. The van der Waals surface area contributed by atoms with Crippen molar-refractivity contribution >= 4 is 5.91 Å². The zero-order valence-electron chi connectivity index (χ0n) is 15.6. The van der Waals surface area contributed by atoms with Crippen LogP contribution in [-0.2, 0) is 0 Å². The molecule has 5 nitrogen and oxygen atoms in total. The van der Waals surface area contributed by atoms with E-state index in [4.69, 9.17) is 9.63 Å². The molecule has 136 valence electrons. The largest absolute Gasteiger partial charge is 0.394 e. The molecule has 1 amide bonds. The lowest BCUT2D eigenvalue weighted by atomic mass is 10.0. The Bertz CT molecular complexity index is 698. The number of hydrogen-bond acceptors (Lipinski definition) is 4. The van der Waals surface area contributed by atoms with Crippen molar-refractivity contribution in [2.45, 2.75) is 53.1 Å². The van der Waals surface area contributed by atoms with Gasteiger partial charge in [0.25, 0.3) is 5.91 Å². The maximum Gasteiger partial charge on any atom is 0.259 e. The third kappa shape index (κ3) is 5.16. The Kier molecular flexibility index (Phi) is 6.76. The number of rotatable bonds is 2. The molecule has 1 aromatic heterocycles. The van der Waals surface area contributed by atoms with Crippen molar-refractivity contribution in [2.75, 3.05) is 13.1 Å². The van der Waals surface area contributed by atoms with E-state index in [0.29, 0.717) is 11.3 Å². The third-order valence-electron chi connectivity index (χ3n) is 4.21. The number of carbonyl (C=O) groups excluding carboxylic acids is 1. The van der Waals surface area contributed by atoms with Crippen LogP contribution in [0.1, 0.15) is 54.6 Å². The Labute approximate surface area is 149 Å². The van der Waals surface area contributed by atoms with Crippen molar-refractivity contribution in [3.05, 3.63) is 41.1 Å². The average Bonchev–Trinajstić information content (AvgIpc) is 3.06. The average molecular weight is 344 g/mol. The summed E-state index contributed by atoms with van der Waals surface area (Å²) in [6, 6.07) is 6.07. The van der Waals surface area contributed by atoms with Crippen LogP contribution in [0, 0.1) is 13.8 Å². The standard InChI is InChI=1S/C17H20N2O2.C3H8O/c1-12-6-7-14(10-13(12)2)16-15(11-18-21-16)17(20)19-8-4-3-5-9-19;1-3(2)4/h6-7,10-11H,3-5,8-9H2,1-2H3;3-4H,1-2H3. The van der Waals surface area contributed by atoms with Gasteiger partial charge in [-0.1, -0.05) is 17.3 Å². The summed E-state index contributed by atoms with van der Waals surface area (Å²) in [6.45, 7) is 9.23. The molecule has 2 aromatic rings. The van der Waals surface area contributed by atoms with Crippen LogP contribution in [0.4, 0.5) is 0 Å². The maximum absolute atomic E-state index is 12.6. The quantitative estimate of drug-likeness (QED) is 0.895. The van der Waals surface area contributed by atoms with Gasteiger partial charge in [0.1, 0.15) is 5.56 Å². The summed E-state index contributed by atoms with van der Waals surface area (Å²) in [5, 5.41) is 11.9. The van der Waals surface area contributed by atoms with Crippen LogP contribution < -0.4 is 0 Å². The van der Waals surface area contributed by atoms with Gasteiger partial charge in [-0.15, -0.1) is 0 Å². The number of aliphatic hydroxyl groups excluding tert-OH is 1. The molecule has 0 spiro atoms. The first-order chi connectivity index (χ1) is 11.9. The van der Waals surface area contributed by atoms with Crippen LogP contribution in [0.5, 0.6) is 0 Å². The van der Waals surface area contributed by atoms with Crippen molar-refractivity contribution in [3.63, 3.8) is 0 Å². The summed E-state index contributed by atoms with van der Waals surface area (Å²) < 4.78 is 5.36. The van der Waals surface area contributed by atoms with E-state index < -0.39 is 0 Å². The van der Waals surface area contributed by atoms with Crippen molar-refractivity contribution in [1.82, 2.24) is 10.1 Å². The number of aryl methyl sites for hydroxylation is 2. The zero-order valence-corrected chi connectivity index (χ0v) is 15.6. The van der Waals surface area contributed by atoms with E-state index in [-0.39, 0.29) is 12.0 Å². The van der Waals surface area contributed by atoms with Crippen molar-refractivity contribution < 1.29 is 14.4 Å². The predicted octanol–water partition coefficient (Wildman–Crippen LogP) is 3.97. The molecule has 0 aliphatic carbocycles. The van der Waals surface area contributed by atoms with E-state index in [9.17, 15) is 4.79 Å². The van der Waals surface area contributed by atoms with Gasteiger partial charge >= 0.3 is 0 Å². The number of likely N-dealkylation sites (tertiary alicyclic amines) is 1. The second kappa shape index (κ2) is 8.81. The van der Waals surface area contributed by atoms with Crippen LogP contribution in [0.15, 0.2) is 28.9 Å². The van der Waals surface area contributed by atoms with Gasteiger partial charge in [0.2, 0.25) is 0 Å². The van der Waals surface area contributed by atoms with Crippen LogP contribution in [-0.4, -0.2) is 40.3 Å². The summed E-state index contributed by atoms with van der Waals surface area (Å²) in [5.74, 6) is 0.609. The van der Waals surface area contributed by atoms with Crippen LogP contribution in [0.25, 0.3) is 11.3 Å². The monoisotopic (exact) mass is 344 g/mol. The highest BCUT2D eigenvalue weighted by molar-refractivity contribution is 5.99. The minimum atomic E-state index is -0.167. The molecule has 1 saturated heterocycles. The lowest BCUT2D eigenvalue weighted by Crippen LogP contribution is -2.35. The van der Waals surface area contributed by atoms with E-state index in [1.54, 1.807) is 20.0 Å². The predicted molar refractivity (Wildman–Crippen MR) is 98.5 cm³/mol. The molecule has 1 N–H and O–H groups in total. The molecule has 0 saturated carbocycles. The van der Waals surface area contributed by atoms with Crippen LogP contribution in [0.3, 0.4) is 0 Å². The Morgan fingerprint density at radius 1 is 1.16 bits per heavy atom. The molecular weight excluding hydrogens is 316 g/mol. The van der Waals surface area contributed by atoms with Gasteiger partial charge in [-0.05, 0) is 64.2 Å². The molecule has 1 aliphatic heterocycles. The van der Waals surface area contributed by atoms with Gasteiger partial charge in [-0.2, -0.15) is 0 Å². The SMILES string of the molecule is CC(C)O.Cc1ccc(-c2oncc2C(=O)N2CCCCC2)cc1C. The number of piperidine rings is 1. The number of aromatic nitrogens is 1. The first kappa shape index (κ1) is 19.2. The van der Waals surface area contributed by atoms with Crippen LogP contribution in [0.2, 0.25) is 0 Å². The summed E-state index contributed by atoms with van der Waals surface area (Å²) in [4.78, 5) is 14.5. The van der Waals surface area contributed by atoms with Crippen molar-refractivity contribution in [3.8, 4) is 11.3 Å². The molecular formula is C20H28N2O3. The fraction of sp³-hybridized carbons (Fsp3) is 0.500. The van der Waals surface area contributed by atoms with Gasteiger partial charge in [0, 0.05) is 24.8 Å². The van der Waals surface area contributed by atoms with Crippen molar-refractivity contribution in [1.29, 1.82) is 0 Å². The Morgan fingerprint density at radius 3 is 2.40 bits per heavy atom. The topological polar surface area (TPSA) is 66.6 Å². The summed E-state index contributed by atoms with van der Waals surface area (Å²) >= 11 is 0. The molecule has 0 unspecified atom stereocenters. The van der Waals surface area contributed by atoms with E-state index >= 15 is 0 Å². The fourth-order valence-electron chi connectivity index (χ4n) is 2.75. The highest BCUT2D eigenvalue weighted by Gasteiger charge is 2.24. The van der Waals surface area contributed by atoms with E-state index in [2.05, 4.69) is 19.0 Å². The number of hydrogen-bond donors (Lipinski definition) is 1. The lowest BCUT2D eigenvalue weighted by Gasteiger charge is -2.26. The second-order valence-electron chi connectivity index (χ2n) is 6.81. The molecule has 0 radical (unpaired) electrons. The molecule has 3 rings (SSSR count). The maximum atomic E-state index is 12.6. The molecule has 1 fully saturated rings. The Balaban J connectivity index is 0.000000511. The van der Waals surface area contributed by atoms with E-state index in [1.807, 2.05) is 23.1 Å². The van der Waals surface area contributed by atoms with E-state index in [0.717, 1.165) is 31.5 Å². The second-order valence-corrected chi connectivity index (χ2v) is 6.81. The number of nitrogens with zero attached hydrogens (tertiary/aromatic N) is 2. The number of aliphatic hydroxyl groups is 1. The number of amides is 1. The molecule has 2 heterocycles. The minimum absolute atomic E-state index is 0.0316. The minimum Gasteiger partial charge on any atom is -0.394 e. The van der Waals surface area contributed by atoms with E-state index in [1.165, 1.54) is 17.5 Å². The smallest absolute Gasteiger partial charge is 0.259 e. The van der Waals surface area contributed by atoms with Gasteiger partial charge in [-0.3, -0.25) is 4.79 Å². The zero-order chi connectivity index (χ0) is 18.4. The highest BCUT2D eigenvalue weighted by Crippen LogP contribution is 2.27. The van der Waals surface area contributed by atoms with Gasteiger partial charge in [0.15, 0.2) is 5.76 Å². The fourth-order valence-corrected chi connectivity index (χ4v) is 2.75. The lowest BCUT2D eigenvalue weighted by molar-refractivity contribution is 0.0724. The first-order valence-electron chi connectivity index (χ1n) is 8.89. The molecule has 0 bridgehead atoms. The third-order valence-corrected chi connectivity index (χ3v) is 4.21. The molecule has 5 heteroatoms. The normalized spacial score (nSPS) is 14.2. The number of carbonyl (C=O) groups is 1. The summed E-state index contributed by atoms with van der Waals surface area (Å²) in [6.07, 6.45) is 4.74.